The molecule has 3 rings (SSSR count). The number of amides is 1. The largest absolute Gasteiger partial charge is 0.481 e. The van der Waals surface area contributed by atoms with Crippen molar-refractivity contribution in [1.29, 1.82) is 0 Å². The summed E-state index contributed by atoms with van der Waals surface area (Å²) in [5, 5.41) is 6.78. The SMILES string of the molecule is COc1cccc(CC(=O)N2CCCC[C@@H]2c2ncn[nH]2)n1. The van der Waals surface area contributed by atoms with Gasteiger partial charge in [0, 0.05) is 12.6 Å². The number of likely N-dealkylation sites (tertiary alicyclic amines) is 1. The molecule has 1 fully saturated rings. The zero-order valence-electron chi connectivity index (χ0n) is 12.5. The second-order valence-electron chi connectivity index (χ2n) is 5.32. The number of methoxy groups -OCH3 is 1. The van der Waals surface area contributed by atoms with Crippen LogP contribution in [0, 0.1) is 0 Å². The van der Waals surface area contributed by atoms with Crippen LogP contribution in [0.25, 0.3) is 0 Å². The molecule has 0 aliphatic carbocycles. The summed E-state index contributed by atoms with van der Waals surface area (Å²) in [6, 6.07) is 5.44. The van der Waals surface area contributed by atoms with Gasteiger partial charge in [0.2, 0.25) is 11.8 Å². The molecule has 0 radical (unpaired) electrons. The van der Waals surface area contributed by atoms with Crippen LogP contribution in [0.3, 0.4) is 0 Å². The minimum absolute atomic E-state index is 0.0191. The Kier molecular flexibility index (Phi) is 4.32. The van der Waals surface area contributed by atoms with E-state index in [-0.39, 0.29) is 18.4 Å². The number of piperidine rings is 1. The predicted molar refractivity (Wildman–Crippen MR) is 79.2 cm³/mol. The first-order valence-electron chi connectivity index (χ1n) is 7.42. The summed E-state index contributed by atoms with van der Waals surface area (Å²) in [5.74, 6) is 1.34. The number of carbonyl (C=O) groups excluding carboxylic acids is 1. The molecule has 1 aliphatic rings. The summed E-state index contributed by atoms with van der Waals surface area (Å²) in [4.78, 5) is 23.1. The normalized spacial score (nSPS) is 18.2. The molecular formula is C15H19N5O2. The van der Waals surface area contributed by atoms with Crippen LogP contribution in [0.4, 0.5) is 0 Å². The van der Waals surface area contributed by atoms with Crippen LogP contribution in [-0.2, 0) is 11.2 Å². The van der Waals surface area contributed by atoms with E-state index >= 15 is 0 Å². The molecule has 0 saturated carbocycles. The average molecular weight is 301 g/mol. The van der Waals surface area contributed by atoms with Crippen LogP contribution >= 0.6 is 0 Å². The van der Waals surface area contributed by atoms with E-state index in [0.29, 0.717) is 11.6 Å². The lowest BCUT2D eigenvalue weighted by Crippen LogP contribution is -2.40. The molecule has 7 heteroatoms. The number of pyridine rings is 1. The molecule has 1 saturated heterocycles. The topological polar surface area (TPSA) is 84.0 Å². The van der Waals surface area contributed by atoms with Gasteiger partial charge in [-0.25, -0.2) is 9.97 Å². The van der Waals surface area contributed by atoms with Crippen LogP contribution in [0.1, 0.15) is 36.8 Å². The Morgan fingerprint density at radius 3 is 3.14 bits per heavy atom. The molecule has 0 unspecified atom stereocenters. The van der Waals surface area contributed by atoms with Crippen molar-refractivity contribution < 1.29 is 9.53 Å². The quantitative estimate of drug-likeness (QED) is 0.925. The van der Waals surface area contributed by atoms with Crippen molar-refractivity contribution in [2.75, 3.05) is 13.7 Å². The fourth-order valence-corrected chi connectivity index (χ4v) is 2.82. The second kappa shape index (κ2) is 6.55. The number of aromatic amines is 1. The van der Waals surface area contributed by atoms with Crippen molar-refractivity contribution >= 4 is 5.91 Å². The first-order chi connectivity index (χ1) is 10.8. The van der Waals surface area contributed by atoms with Crippen molar-refractivity contribution in [2.45, 2.75) is 31.7 Å². The van der Waals surface area contributed by atoms with Gasteiger partial charge in [0.25, 0.3) is 0 Å². The maximum absolute atomic E-state index is 12.7. The Balaban J connectivity index is 1.74. The number of nitrogens with zero attached hydrogens (tertiary/aromatic N) is 4. The molecule has 1 amide bonds. The molecule has 22 heavy (non-hydrogen) atoms. The van der Waals surface area contributed by atoms with Crippen molar-refractivity contribution in [3.8, 4) is 5.88 Å². The highest BCUT2D eigenvalue weighted by Crippen LogP contribution is 2.29. The molecular weight excluding hydrogens is 282 g/mol. The first-order valence-corrected chi connectivity index (χ1v) is 7.42. The highest BCUT2D eigenvalue weighted by atomic mass is 16.5. The average Bonchev–Trinajstić information content (AvgIpc) is 3.09. The van der Waals surface area contributed by atoms with Crippen LogP contribution in [0.5, 0.6) is 5.88 Å². The number of nitrogens with one attached hydrogen (secondary N) is 1. The van der Waals surface area contributed by atoms with E-state index in [4.69, 9.17) is 4.74 Å². The maximum atomic E-state index is 12.7. The Morgan fingerprint density at radius 2 is 2.36 bits per heavy atom. The Hall–Kier alpha value is -2.44. The lowest BCUT2D eigenvalue weighted by atomic mass is 10.0. The minimum Gasteiger partial charge on any atom is -0.481 e. The van der Waals surface area contributed by atoms with Crippen LogP contribution in [0.15, 0.2) is 24.5 Å². The van der Waals surface area contributed by atoms with E-state index in [2.05, 4.69) is 20.2 Å². The highest BCUT2D eigenvalue weighted by molar-refractivity contribution is 5.78. The molecule has 1 N–H and O–H groups in total. The van der Waals surface area contributed by atoms with Gasteiger partial charge in [0.1, 0.15) is 12.2 Å². The number of aromatic nitrogens is 4. The van der Waals surface area contributed by atoms with Crippen LogP contribution in [-0.4, -0.2) is 44.6 Å². The van der Waals surface area contributed by atoms with E-state index in [9.17, 15) is 4.79 Å². The van der Waals surface area contributed by atoms with Gasteiger partial charge in [0.05, 0.1) is 25.3 Å². The highest BCUT2D eigenvalue weighted by Gasteiger charge is 2.29. The smallest absolute Gasteiger partial charge is 0.229 e. The molecule has 7 nitrogen and oxygen atoms in total. The number of H-pyrrole nitrogens is 1. The van der Waals surface area contributed by atoms with E-state index in [1.807, 2.05) is 17.0 Å². The Labute approximate surface area is 128 Å². The fraction of sp³-hybridized carbons (Fsp3) is 0.467. The van der Waals surface area contributed by atoms with E-state index in [1.165, 1.54) is 6.33 Å². The van der Waals surface area contributed by atoms with Gasteiger partial charge < -0.3 is 9.64 Å². The molecule has 2 aromatic rings. The third-order valence-electron chi connectivity index (χ3n) is 3.90. The Bertz CT molecular complexity index is 629. The van der Waals surface area contributed by atoms with E-state index < -0.39 is 0 Å². The van der Waals surface area contributed by atoms with Crippen LogP contribution in [0.2, 0.25) is 0 Å². The minimum atomic E-state index is -0.0191. The molecule has 116 valence electrons. The summed E-state index contributed by atoms with van der Waals surface area (Å²) in [7, 11) is 1.57. The monoisotopic (exact) mass is 301 g/mol. The van der Waals surface area contributed by atoms with Gasteiger partial charge in [-0.1, -0.05) is 6.07 Å². The molecule has 0 aromatic carbocycles. The van der Waals surface area contributed by atoms with E-state index in [1.54, 1.807) is 13.2 Å². The van der Waals surface area contributed by atoms with Gasteiger partial charge in [-0.2, -0.15) is 5.10 Å². The molecule has 0 spiro atoms. The number of rotatable bonds is 4. The molecule has 1 atom stereocenters. The predicted octanol–water partition coefficient (Wildman–Crippen LogP) is 1.50. The number of ether oxygens (including phenoxy) is 1. The standard InChI is InChI=1S/C15H19N5O2/c1-22-13-7-4-5-11(18-13)9-14(21)20-8-3-2-6-12(20)15-16-10-17-19-15/h4-5,7,10,12H,2-3,6,8-9H2,1H3,(H,16,17,19)/t12-/m1/s1. The van der Waals surface area contributed by atoms with Gasteiger partial charge in [-0.3, -0.25) is 9.89 Å². The van der Waals surface area contributed by atoms with E-state index in [0.717, 1.165) is 31.6 Å². The second-order valence-corrected chi connectivity index (χ2v) is 5.32. The Morgan fingerprint density at radius 1 is 1.45 bits per heavy atom. The number of hydrogen-bond donors (Lipinski definition) is 1. The zero-order valence-corrected chi connectivity index (χ0v) is 12.5. The summed E-state index contributed by atoms with van der Waals surface area (Å²) in [5.41, 5.74) is 0.714. The molecule has 1 aliphatic heterocycles. The number of carbonyl (C=O) groups is 1. The zero-order chi connectivity index (χ0) is 15.4. The van der Waals surface area contributed by atoms with Crippen molar-refractivity contribution in [3.05, 3.63) is 36.0 Å². The summed E-state index contributed by atoms with van der Waals surface area (Å²) in [6.07, 6.45) is 4.76. The fourth-order valence-electron chi connectivity index (χ4n) is 2.82. The van der Waals surface area contributed by atoms with Crippen molar-refractivity contribution in [1.82, 2.24) is 25.1 Å². The van der Waals surface area contributed by atoms with Gasteiger partial charge in [0.15, 0.2) is 0 Å². The summed E-state index contributed by atoms with van der Waals surface area (Å²) < 4.78 is 5.10. The molecule has 0 bridgehead atoms. The number of hydrogen-bond acceptors (Lipinski definition) is 5. The van der Waals surface area contributed by atoms with Gasteiger partial charge in [-0.05, 0) is 25.3 Å². The molecule has 2 aromatic heterocycles. The third-order valence-corrected chi connectivity index (χ3v) is 3.90. The van der Waals surface area contributed by atoms with Crippen molar-refractivity contribution in [3.63, 3.8) is 0 Å². The molecule has 3 heterocycles. The first kappa shape index (κ1) is 14.5. The lowest BCUT2D eigenvalue weighted by Gasteiger charge is -2.34. The summed E-state index contributed by atoms with van der Waals surface area (Å²) in [6.45, 7) is 0.744. The van der Waals surface area contributed by atoms with Crippen molar-refractivity contribution in [2.24, 2.45) is 0 Å². The summed E-state index contributed by atoms with van der Waals surface area (Å²) >= 11 is 0. The van der Waals surface area contributed by atoms with Gasteiger partial charge >= 0.3 is 0 Å². The lowest BCUT2D eigenvalue weighted by molar-refractivity contribution is -0.134. The maximum Gasteiger partial charge on any atom is 0.229 e. The van der Waals surface area contributed by atoms with Crippen LogP contribution < -0.4 is 4.74 Å². The van der Waals surface area contributed by atoms with Gasteiger partial charge in [-0.15, -0.1) is 0 Å². The third kappa shape index (κ3) is 3.08.